The number of anilines is 1. The highest BCUT2D eigenvalue weighted by atomic mass is 32.2. The van der Waals surface area contributed by atoms with Crippen LogP contribution in [0.1, 0.15) is 21.7 Å². The number of amides is 1. The van der Waals surface area contributed by atoms with Gasteiger partial charge >= 0.3 is 0 Å². The molecule has 152 valence electrons. The minimum atomic E-state index is -3.57. The summed E-state index contributed by atoms with van der Waals surface area (Å²) in [6.07, 6.45) is 0. The maximum absolute atomic E-state index is 12.7. The van der Waals surface area contributed by atoms with Crippen LogP contribution in [0.3, 0.4) is 0 Å². The molecule has 4 rings (SSSR count). The Hall–Kier alpha value is -2.68. The van der Waals surface area contributed by atoms with Gasteiger partial charge in [-0.15, -0.1) is 0 Å². The van der Waals surface area contributed by atoms with Crippen molar-refractivity contribution >= 4 is 32.6 Å². The van der Waals surface area contributed by atoms with E-state index in [1.807, 2.05) is 32.0 Å². The third-order valence-corrected chi connectivity index (χ3v) is 6.93. The number of benzene rings is 2. The molecule has 1 aromatic heterocycles. The zero-order valence-electron chi connectivity index (χ0n) is 16.3. The molecule has 0 spiro atoms. The molecule has 0 atom stereocenters. The van der Waals surface area contributed by atoms with Crippen LogP contribution in [-0.2, 0) is 14.8 Å². The van der Waals surface area contributed by atoms with Gasteiger partial charge in [0.25, 0.3) is 5.91 Å². The van der Waals surface area contributed by atoms with Crippen LogP contribution in [0.25, 0.3) is 11.0 Å². The van der Waals surface area contributed by atoms with Crippen LogP contribution in [0.15, 0.2) is 51.8 Å². The topological polar surface area (TPSA) is 88.8 Å². The Morgan fingerprint density at radius 2 is 1.72 bits per heavy atom. The quantitative estimate of drug-likeness (QED) is 0.707. The van der Waals surface area contributed by atoms with Crippen molar-refractivity contribution in [3.8, 4) is 0 Å². The highest BCUT2D eigenvalue weighted by molar-refractivity contribution is 7.89. The van der Waals surface area contributed by atoms with Crippen molar-refractivity contribution in [1.29, 1.82) is 0 Å². The SMILES string of the molecule is Cc1ccc2oc(C(=O)Nc3ccc(S(=O)(=O)N4CCOCC4)cc3)c(C)c2c1. The van der Waals surface area contributed by atoms with Gasteiger partial charge in [0.2, 0.25) is 10.0 Å². The van der Waals surface area contributed by atoms with E-state index in [0.29, 0.717) is 37.6 Å². The monoisotopic (exact) mass is 414 g/mol. The first-order chi connectivity index (χ1) is 13.9. The van der Waals surface area contributed by atoms with Gasteiger partial charge in [-0.25, -0.2) is 8.42 Å². The first kappa shape index (κ1) is 19.6. The van der Waals surface area contributed by atoms with Crippen LogP contribution in [0.2, 0.25) is 0 Å². The summed E-state index contributed by atoms with van der Waals surface area (Å²) in [4.78, 5) is 12.9. The van der Waals surface area contributed by atoms with Gasteiger partial charge < -0.3 is 14.5 Å². The fraction of sp³-hybridized carbons (Fsp3) is 0.286. The maximum atomic E-state index is 12.7. The number of morpholine rings is 1. The fourth-order valence-electron chi connectivity index (χ4n) is 3.39. The number of carbonyl (C=O) groups excluding carboxylic acids is 1. The van der Waals surface area contributed by atoms with E-state index in [1.54, 1.807) is 12.1 Å². The van der Waals surface area contributed by atoms with Gasteiger partial charge in [-0.1, -0.05) is 11.6 Å². The van der Waals surface area contributed by atoms with E-state index >= 15 is 0 Å². The number of rotatable bonds is 4. The molecule has 8 heteroatoms. The van der Waals surface area contributed by atoms with Crippen molar-refractivity contribution in [2.75, 3.05) is 31.6 Å². The molecule has 1 N–H and O–H groups in total. The number of furan rings is 1. The molecule has 0 saturated carbocycles. The average Bonchev–Trinajstić information content (AvgIpc) is 3.05. The Balaban J connectivity index is 1.53. The van der Waals surface area contributed by atoms with Crippen molar-refractivity contribution in [3.63, 3.8) is 0 Å². The summed E-state index contributed by atoms with van der Waals surface area (Å²) in [6.45, 7) is 5.29. The van der Waals surface area contributed by atoms with Crippen molar-refractivity contribution in [2.45, 2.75) is 18.7 Å². The third kappa shape index (κ3) is 3.78. The molecule has 2 heterocycles. The Morgan fingerprint density at radius 1 is 1.03 bits per heavy atom. The molecule has 7 nitrogen and oxygen atoms in total. The summed E-state index contributed by atoms with van der Waals surface area (Å²) in [6, 6.07) is 11.9. The lowest BCUT2D eigenvalue weighted by atomic mass is 10.1. The van der Waals surface area contributed by atoms with Crippen molar-refractivity contribution in [2.24, 2.45) is 0 Å². The second kappa shape index (κ2) is 7.62. The van der Waals surface area contributed by atoms with Crippen LogP contribution in [0, 0.1) is 13.8 Å². The van der Waals surface area contributed by atoms with Crippen LogP contribution < -0.4 is 5.32 Å². The average molecular weight is 414 g/mol. The fourth-order valence-corrected chi connectivity index (χ4v) is 4.79. The van der Waals surface area contributed by atoms with Crippen molar-refractivity contribution in [1.82, 2.24) is 4.31 Å². The number of ether oxygens (including phenoxy) is 1. The van der Waals surface area contributed by atoms with Gasteiger partial charge in [-0.2, -0.15) is 4.31 Å². The van der Waals surface area contributed by atoms with Crippen LogP contribution in [-0.4, -0.2) is 44.9 Å². The van der Waals surface area contributed by atoms with Gasteiger partial charge in [0.05, 0.1) is 18.1 Å². The number of fused-ring (bicyclic) bond motifs is 1. The molecule has 3 aromatic rings. The lowest BCUT2D eigenvalue weighted by Crippen LogP contribution is -2.40. The van der Waals surface area contributed by atoms with E-state index in [-0.39, 0.29) is 16.6 Å². The van der Waals surface area contributed by atoms with Gasteiger partial charge in [0.15, 0.2) is 5.76 Å². The van der Waals surface area contributed by atoms with Gasteiger partial charge in [-0.05, 0) is 50.2 Å². The molecule has 0 bridgehead atoms. The molecule has 0 unspecified atom stereocenters. The van der Waals surface area contributed by atoms with Gasteiger partial charge in [0, 0.05) is 29.7 Å². The Labute approximate surface area is 169 Å². The molecule has 1 saturated heterocycles. The van der Waals surface area contributed by atoms with Crippen LogP contribution in [0.5, 0.6) is 0 Å². The number of nitrogens with one attached hydrogen (secondary N) is 1. The summed E-state index contributed by atoms with van der Waals surface area (Å²) < 4.78 is 37.7. The minimum Gasteiger partial charge on any atom is -0.451 e. The summed E-state index contributed by atoms with van der Waals surface area (Å²) >= 11 is 0. The van der Waals surface area contributed by atoms with Crippen LogP contribution >= 0.6 is 0 Å². The molecule has 2 aromatic carbocycles. The second-order valence-corrected chi connectivity index (χ2v) is 8.99. The summed E-state index contributed by atoms with van der Waals surface area (Å²) in [5, 5.41) is 3.68. The smallest absolute Gasteiger partial charge is 0.291 e. The predicted octanol–water partition coefficient (Wildman–Crippen LogP) is 3.32. The zero-order valence-corrected chi connectivity index (χ0v) is 17.1. The van der Waals surface area contributed by atoms with Crippen LogP contribution in [0.4, 0.5) is 5.69 Å². The maximum Gasteiger partial charge on any atom is 0.291 e. The van der Waals surface area contributed by atoms with E-state index in [1.165, 1.54) is 16.4 Å². The van der Waals surface area contributed by atoms with E-state index in [2.05, 4.69) is 5.32 Å². The number of sulfonamides is 1. The number of aryl methyl sites for hydroxylation is 2. The van der Waals surface area contributed by atoms with E-state index in [0.717, 1.165) is 16.5 Å². The first-order valence-corrected chi connectivity index (χ1v) is 10.8. The molecule has 1 fully saturated rings. The molecule has 1 amide bonds. The predicted molar refractivity (Wildman–Crippen MR) is 110 cm³/mol. The Bertz CT molecular complexity index is 1160. The van der Waals surface area contributed by atoms with Crippen molar-refractivity contribution < 1.29 is 22.4 Å². The summed E-state index contributed by atoms with van der Waals surface area (Å²) in [5.41, 5.74) is 3.01. The minimum absolute atomic E-state index is 0.188. The molecule has 0 aliphatic carbocycles. The first-order valence-electron chi connectivity index (χ1n) is 9.35. The standard InChI is InChI=1S/C21H22N2O5S/c1-14-3-8-19-18(13-14)15(2)20(28-19)21(24)22-16-4-6-17(7-5-16)29(25,26)23-9-11-27-12-10-23/h3-8,13H,9-12H2,1-2H3,(H,22,24). The Kier molecular flexibility index (Phi) is 5.16. The molecule has 0 radical (unpaired) electrons. The number of hydrogen-bond acceptors (Lipinski definition) is 5. The zero-order chi connectivity index (χ0) is 20.6. The van der Waals surface area contributed by atoms with Crippen molar-refractivity contribution in [3.05, 3.63) is 59.4 Å². The van der Waals surface area contributed by atoms with Gasteiger partial charge in [-0.3, -0.25) is 4.79 Å². The molecule has 29 heavy (non-hydrogen) atoms. The molecule has 1 aliphatic heterocycles. The third-order valence-electron chi connectivity index (χ3n) is 5.02. The normalized spacial score (nSPS) is 15.5. The largest absolute Gasteiger partial charge is 0.451 e. The molecule has 1 aliphatic rings. The lowest BCUT2D eigenvalue weighted by molar-refractivity contribution is 0.0730. The number of nitrogens with zero attached hydrogens (tertiary/aromatic N) is 1. The van der Waals surface area contributed by atoms with E-state index < -0.39 is 10.0 Å². The highest BCUT2D eigenvalue weighted by Gasteiger charge is 2.26. The highest BCUT2D eigenvalue weighted by Crippen LogP contribution is 2.27. The molecular weight excluding hydrogens is 392 g/mol. The lowest BCUT2D eigenvalue weighted by Gasteiger charge is -2.26. The second-order valence-electron chi connectivity index (χ2n) is 7.05. The molecular formula is C21H22N2O5S. The summed E-state index contributed by atoms with van der Waals surface area (Å²) in [5.74, 6) is -0.129. The summed E-state index contributed by atoms with van der Waals surface area (Å²) in [7, 11) is -3.57. The van der Waals surface area contributed by atoms with E-state index in [4.69, 9.17) is 9.15 Å². The van der Waals surface area contributed by atoms with E-state index in [9.17, 15) is 13.2 Å². The van der Waals surface area contributed by atoms with Gasteiger partial charge in [0.1, 0.15) is 5.58 Å². The number of carbonyl (C=O) groups is 1. The Morgan fingerprint density at radius 3 is 2.41 bits per heavy atom. The number of hydrogen-bond donors (Lipinski definition) is 1.